The molecular formula is C16H25N3O2. The van der Waals surface area contributed by atoms with Gasteiger partial charge < -0.3 is 15.8 Å². The summed E-state index contributed by atoms with van der Waals surface area (Å²) in [7, 11) is 0. The van der Waals surface area contributed by atoms with E-state index in [1.807, 2.05) is 6.07 Å². The third-order valence-corrected chi connectivity index (χ3v) is 3.60. The summed E-state index contributed by atoms with van der Waals surface area (Å²) in [5.74, 6) is 0.0685. The van der Waals surface area contributed by atoms with Crippen LogP contribution in [0.25, 0.3) is 0 Å². The van der Waals surface area contributed by atoms with E-state index in [1.165, 1.54) is 5.56 Å². The number of nitrogens with one attached hydrogen (secondary N) is 1. The molecule has 1 heterocycles. The molecule has 1 aliphatic heterocycles. The number of rotatable bonds is 7. The predicted molar refractivity (Wildman–Crippen MR) is 82.7 cm³/mol. The van der Waals surface area contributed by atoms with Gasteiger partial charge in [-0.3, -0.25) is 9.69 Å². The number of hydrogen-bond donors (Lipinski definition) is 2. The van der Waals surface area contributed by atoms with Gasteiger partial charge in [0.2, 0.25) is 5.91 Å². The predicted octanol–water partition coefficient (Wildman–Crippen LogP) is 0.874. The maximum absolute atomic E-state index is 11.6. The van der Waals surface area contributed by atoms with Crippen molar-refractivity contribution in [2.75, 3.05) is 32.8 Å². The monoisotopic (exact) mass is 291 g/mol. The minimum absolute atomic E-state index is 0.0685. The molecule has 5 nitrogen and oxygen atoms in total. The molecule has 0 unspecified atom stereocenters. The van der Waals surface area contributed by atoms with Gasteiger partial charge in [-0.15, -0.1) is 0 Å². The molecule has 3 N–H and O–H groups in total. The minimum atomic E-state index is 0.0685. The van der Waals surface area contributed by atoms with Crippen LogP contribution in [-0.4, -0.2) is 43.7 Å². The molecule has 1 aromatic rings. The number of nitrogens with zero attached hydrogens (tertiary/aromatic N) is 1. The third kappa shape index (κ3) is 5.83. The molecule has 0 aliphatic carbocycles. The van der Waals surface area contributed by atoms with Gasteiger partial charge in [0.1, 0.15) is 0 Å². The van der Waals surface area contributed by atoms with E-state index in [2.05, 4.69) is 28.4 Å². The van der Waals surface area contributed by atoms with Gasteiger partial charge in [-0.05, 0) is 24.1 Å². The molecule has 0 saturated carbocycles. The van der Waals surface area contributed by atoms with Gasteiger partial charge in [-0.25, -0.2) is 0 Å². The van der Waals surface area contributed by atoms with Gasteiger partial charge in [0.25, 0.3) is 0 Å². The zero-order valence-corrected chi connectivity index (χ0v) is 12.5. The summed E-state index contributed by atoms with van der Waals surface area (Å²) in [6, 6.07) is 8.40. The summed E-state index contributed by atoms with van der Waals surface area (Å²) in [6.45, 7) is 5.69. The summed E-state index contributed by atoms with van der Waals surface area (Å²) in [4.78, 5) is 14.0. The molecule has 1 aliphatic rings. The van der Waals surface area contributed by atoms with Crippen molar-refractivity contribution in [2.24, 2.45) is 5.73 Å². The van der Waals surface area contributed by atoms with Crippen LogP contribution in [0.3, 0.4) is 0 Å². The lowest BCUT2D eigenvalue weighted by Crippen LogP contribution is -2.35. The van der Waals surface area contributed by atoms with Crippen LogP contribution in [-0.2, 0) is 22.6 Å². The maximum Gasteiger partial charge on any atom is 0.220 e. The molecule has 116 valence electrons. The molecule has 1 aromatic carbocycles. The molecule has 0 radical (unpaired) electrons. The van der Waals surface area contributed by atoms with Crippen molar-refractivity contribution in [2.45, 2.75) is 25.9 Å². The fourth-order valence-corrected chi connectivity index (χ4v) is 2.41. The van der Waals surface area contributed by atoms with E-state index in [-0.39, 0.29) is 5.91 Å². The third-order valence-electron chi connectivity index (χ3n) is 3.60. The number of amides is 1. The molecule has 21 heavy (non-hydrogen) atoms. The molecule has 0 aromatic heterocycles. The van der Waals surface area contributed by atoms with Crippen LogP contribution in [0.15, 0.2) is 24.3 Å². The number of ether oxygens (including phenoxy) is 1. The SMILES string of the molecule is NCCCC(=O)NCc1cccc(CN2CCOCC2)c1. The van der Waals surface area contributed by atoms with E-state index in [0.29, 0.717) is 19.5 Å². The molecule has 5 heteroatoms. The molecule has 1 fully saturated rings. The number of hydrogen-bond acceptors (Lipinski definition) is 4. The number of benzene rings is 1. The van der Waals surface area contributed by atoms with Crippen molar-refractivity contribution in [3.63, 3.8) is 0 Å². The molecule has 0 bridgehead atoms. The summed E-state index contributed by atoms with van der Waals surface area (Å²) in [6.07, 6.45) is 1.24. The molecule has 1 saturated heterocycles. The van der Waals surface area contributed by atoms with Crippen molar-refractivity contribution in [3.05, 3.63) is 35.4 Å². The number of carbonyl (C=O) groups excluding carboxylic acids is 1. The van der Waals surface area contributed by atoms with Crippen molar-refractivity contribution in [1.29, 1.82) is 0 Å². The molecule has 2 rings (SSSR count). The van der Waals surface area contributed by atoms with Crippen LogP contribution in [0.2, 0.25) is 0 Å². The van der Waals surface area contributed by atoms with E-state index >= 15 is 0 Å². The van der Waals surface area contributed by atoms with E-state index in [0.717, 1.165) is 44.8 Å². The molecular weight excluding hydrogens is 266 g/mol. The van der Waals surface area contributed by atoms with Crippen molar-refractivity contribution in [3.8, 4) is 0 Å². The summed E-state index contributed by atoms with van der Waals surface area (Å²) < 4.78 is 5.36. The van der Waals surface area contributed by atoms with E-state index in [9.17, 15) is 4.79 Å². The van der Waals surface area contributed by atoms with Crippen LogP contribution in [0.5, 0.6) is 0 Å². The lowest BCUT2D eigenvalue weighted by atomic mass is 10.1. The summed E-state index contributed by atoms with van der Waals surface area (Å²) in [5.41, 5.74) is 7.82. The fraction of sp³-hybridized carbons (Fsp3) is 0.562. The van der Waals surface area contributed by atoms with E-state index < -0.39 is 0 Å². The smallest absolute Gasteiger partial charge is 0.220 e. The van der Waals surface area contributed by atoms with Crippen LogP contribution in [0, 0.1) is 0 Å². The first-order chi connectivity index (χ1) is 10.3. The van der Waals surface area contributed by atoms with Crippen LogP contribution in [0.1, 0.15) is 24.0 Å². The van der Waals surface area contributed by atoms with Gasteiger partial charge in [0.15, 0.2) is 0 Å². The van der Waals surface area contributed by atoms with Crippen molar-refractivity contribution in [1.82, 2.24) is 10.2 Å². The molecule has 1 amide bonds. The zero-order valence-electron chi connectivity index (χ0n) is 12.5. The molecule has 0 atom stereocenters. The summed E-state index contributed by atoms with van der Waals surface area (Å²) >= 11 is 0. The Hall–Kier alpha value is -1.43. The van der Waals surface area contributed by atoms with Crippen LogP contribution < -0.4 is 11.1 Å². The average Bonchev–Trinajstić information content (AvgIpc) is 2.52. The first-order valence-corrected chi connectivity index (χ1v) is 7.62. The largest absolute Gasteiger partial charge is 0.379 e. The Bertz CT molecular complexity index is 445. The number of morpholine rings is 1. The Labute approximate surface area is 126 Å². The summed E-state index contributed by atoms with van der Waals surface area (Å²) in [5, 5.41) is 2.94. The standard InChI is InChI=1S/C16H25N3O2/c17-6-2-5-16(20)18-12-14-3-1-4-15(11-14)13-19-7-9-21-10-8-19/h1,3-4,11H,2,5-10,12-13,17H2,(H,18,20). The second kappa shape index (κ2) is 8.77. The highest BCUT2D eigenvalue weighted by Crippen LogP contribution is 2.10. The second-order valence-electron chi connectivity index (χ2n) is 5.38. The number of nitrogens with two attached hydrogens (primary N) is 1. The first-order valence-electron chi connectivity index (χ1n) is 7.62. The van der Waals surface area contributed by atoms with Crippen LogP contribution in [0.4, 0.5) is 0 Å². The highest BCUT2D eigenvalue weighted by atomic mass is 16.5. The normalized spacial score (nSPS) is 15.9. The molecule has 0 spiro atoms. The lowest BCUT2D eigenvalue weighted by molar-refractivity contribution is -0.121. The minimum Gasteiger partial charge on any atom is -0.379 e. The van der Waals surface area contributed by atoms with Gasteiger partial charge in [0.05, 0.1) is 13.2 Å². The Morgan fingerprint density at radius 3 is 2.81 bits per heavy atom. The topological polar surface area (TPSA) is 67.6 Å². The Morgan fingerprint density at radius 1 is 1.29 bits per heavy atom. The lowest BCUT2D eigenvalue weighted by Gasteiger charge is -2.26. The Morgan fingerprint density at radius 2 is 2.05 bits per heavy atom. The van der Waals surface area contributed by atoms with Gasteiger partial charge in [-0.2, -0.15) is 0 Å². The van der Waals surface area contributed by atoms with Gasteiger partial charge in [0, 0.05) is 32.6 Å². The Balaban J connectivity index is 1.81. The highest BCUT2D eigenvalue weighted by molar-refractivity contribution is 5.75. The maximum atomic E-state index is 11.6. The zero-order chi connectivity index (χ0) is 14.9. The van der Waals surface area contributed by atoms with E-state index in [4.69, 9.17) is 10.5 Å². The van der Waals surface area contributed by atoms with E-state index in [1.54, 1.807) is 0 Å². The average molecular weight is 291 g/mol. The van der Waals surface area contributed by atoms with Gasteiger partial charge >= 0.3 is 0 Å². The van der Waals surface area contributed by atoms with Crippen molar-refractivity contribution >= 4 is 5.91 Å². The highest BCUT2D eigenvalue weighted by Gasteiger charge is 2.10. The van der Waals surface area contributed by atoms with Crippen molar-refractivity contribution < 1.29 is 9.53 Å². The fourth-order valence-electron chi connectivity index (χ4n) is 2.41. The Kier molecular flexibility index (Phi) is 6.66. The second-order valence-corrected chi connectivity index (χ2v) is 5.38. The number of carbonyl (C=O) groups is 1. The van der Waals surface area contributed by atoms with Crippen LogP contribution >= 0.6 is 0 Å². The quantitative estimate of drug-likeness (QED) is 0.782. The van der Waals surface area contributed by atoms with Gasteiger partial charge in [-0.1, -0.05) is 24.3 Å². The first kappa shape index (κ1) is 15.9.